The number of ether oxygens (including phenoxy) is 2. The maximum atomic E-state index is 12.2. The predicted molar refractivity (Wildman–Crippen MR) is 121 cm³/mol. The summed E-state index contributed by atoms with van der Waals surface area (Å²) in [6.45, 7) is 1.64. The van der Waals surface area contributed by atoms with Gasteiger partial charge in [-0.25, -0.2) is 4.98 Å². The first kappa shape index (κ1) is 25.8. The first-order chi connectivity index (χ1) is 13.8. The number of nitrogens with one attached hydrogen (secondary N) is 2. The zero-order valence-corrected chi connectivity index (χ0v) is 19.4. The summed E-state index contributed by atoms with van der Waals surface area (Å²) in [5.41, 5.74) is 2.94. The minimum Gasteiger partial charge on any atom is -0.496 e. The second kappa shape index (κ2) is 12.5. The lowest BCUT2D eigenvalue weighted by Gasteiger charge is -2.13. The number of aromatic nitrogens is 1. The van der Waals surface area contributed by atoms with Crippen LogP contribution in [0.25, 0.3) is 0 Å². The molecule has 0 atom stereocenters. The minimum absolute atomic E-state index is 0. The molecule has 1 heterocycles. The highest BCUT2D eigenvalue weighted by Crippen LogP contribution is 2.19. The van der Waals surface area contributed by atoms with Crippen molar-refractivity contribution in [3.8, 4) is 11.6 Å². The predicted octanol–water partition coefficient (Wildman–Crippen LogP) is 3.87. The van der Waals surface area contributed by atoms with Gasteiger partial charge in [-0.3, -0.25) is 4.99 Å². The third kappa shape index (κ3) is 9.06. The molecule has 0 saturated heterocycles. The SMILES string of the molecule is CN=C(NCCc1ccc(C)c(OC)c1)NCc1ccnc(OCC(F)(F)F)c1.I. The van der Waals surface area contributed by atoms with E-state index in [0.29, 0.717) is 19.0 Å². The van der Waals surface area contributed by atoms with Gasteiger partial charge < -0.3 is 20.1 Å². The normalized spacial score (nSPS) is 11.5. The molecule has 0 unspecified atom stereocenters. The number of alkyl halides is 3. The fourth-order valence-electron chi connectivity index (χ4n) is 2.55. The number of nitrogens with zero attached hydrogens (tertiary/aromatic N) is 2. The second-order valence-electron chi connectivity index (χ2n) is 6.31. The van der Waals surface area contributed by atoms with Crippen LogP contribution in [0.3, 0.4) is 0 Å². The van der Waals surface area contributed by atoms with Crippen molar-refractivity contribution in [2.24, 2.45) is 4.99 Å². The Labute approximate surface area is 191 Å². The summed E-state index contributed by atoms with van der Waals surface area (Å²) < 4.78 is 46.7. The number of hydrogen-bond donors (Lipinski definition) is 2. The van der Waals surface area contributed by atoms with Crippen LogP contribution in [0, 0.1) is 6.92 Å². The summed E-state index contributed by atoms with van der Waals surface area (Å²) in [4.78, 5) is 7.93. The highest BCUT2D eigenvalue weighted by Gasteiger charge is 2.28. The van der Waals surface area contributed by atoms with Gasteiger partial charge in [0.05, 0.1) is 7.11 Å². The van der Waals surface area contributed by atoms with E-state index in [1.807, 2.05) is 19.1 Å². The van der Waals surface area contributed by atoms with E-state index in [2.05, 4.69) is 31.4 Å². The highest BCUT2D eigenvalue weighted by atomic mass is 127. The van der Waals surface area contributed by atoms with Crippen molar-refractivity contribution in [2.75, 3.05) is 27.3 Å². The molecule has 0 spiro atoms. The number of aryl methyl sites for hydroxylation is 1. The minimum atomic E-state index is -4.40. The summed E-state index contributed by atoms with van der Waals surface area (Å²) in [6.07, 6.45) is -2.21. The standard InChI is InChI=1S/C20H25F3N4O2.HI/c1-14-4-5-15(10-17(14)28-3)6-9-26-19(24-2)27-12-16-7-8-25-18(11-16)29-13-20(21,22)23;/h4-5,7-8,10-11H,6,9,12-13H2,1-3H3,(H2,24,26,27);1H. The summed E-state index contributed by atoms with van der Waals surface area (Å²) >= 11 is 0. The van der Waals surface area contributed by atoms with Crippen LogP contribution in [0.5, 0.6) is 11.6 Å². The van der Waals surface area contributed by atoms with Gasteiger partial charge in [0.1, 0.15) is 5.75 Å². The van der Waals surface area contributed by atoms with Gasteiger partial charge in [-0.05, 0) is 42.2 Å². The van der Waals surface area contributed by atoms with Crippen molar-refractivity contribution in [3.05, 3.63) is 53.2 Å². The van der Waals surface area contributed by atoms with Gasteiger partial charge in [-0.1, -0.05) is 12.1 Å². The van der Waals surface area contributed by atoms with Crippen LogP contribution in [0.2, 0.25) is 0 Å². The van der Waals surface area contributed by atoms with E-state index in [1.165, 1.54) is 12.3 Å². The molecule has 1 aromatic carbocycles. The van der Waals surface area contributed by atoms with Crippen LogP contribution >= 0.6 is 24.0 Å². The molecule has 30 heavy (non-hydrogen) atoms. The quantitative estimate of drug-likeness (QED) is 0.304. The molecule has 0 aliphatic carbocycles. The van der Waals surface area contributed by atoms with Crippen LogP contribution in [0.15, 0.2) is 41.5 Å². The number of rotatable bonds is 8. The third-order valence-electron chi connectivity index (χ3n) is 4.05. The van der Waals surface area contributed by atoms with E-state index in [9.17, 15) is 13.2 Å². The Kier molecular flexibility index (Phi) is 10.7. The van der Waals surface area contributed by atoms with Crippen LogP contribution in [0.4, 0.5) is 13.2 Å². The molecular formula is C20H26F3IN4O2. The lowest BCUT2D eigenvalue weighted by Crippen LogP contribution is -2.37. The highest BCUT2D eigenvalue weighted by molar-refractivity contribution is 14.0. The number of guanidine groups is 1. The number of aliphatic imine (C=N–C) groups is 1. The maximum absolute atomic E-state index is 12.2. The molecule has 166 valence electrons. The summed E-state index contributed by atoms with van der Waals surface area (Å²) in [6, 6.07) is 9.23. The number of halogens is 4. The Hall–Kier alpha value is -2.24. The largest absolute Gasteiger partial charge is 0.496 e. The van der Waals surface area contributed by atoms with Gasteiger partial charge in [-0.15, -0.1) is 24.0 Å². The lowest BCUT2D eigenvalue weighted by atomic mass is 10.1. The monoisotopic (exact) mass is 538 g/mol. The molecule has 2 aromatic rings. The third-order valence-corrected chi connectivity index (χ3v) is 4.05. The van der Waals surface area contributed by atoms with Crippen LogP contribution in [-0.4, -0.2) is 44.4 Å². The Balaban J connectivity index is 0.00000450. The first-order valence-electron chi connectivity index (χ1n) is 9.03. The zero-order valence-electron chi connectivity index (χ0n) is 17.0. The van der Waals surface area contributed by atoms with Crippen molar-refractivity contribution >= 4 is 29.9 Å². The Morgan fingerprint density at radius 3 is 2.57 bits per heavy atom. The van der Waals surface area contributed by atoms with Gasteiger partial charge in [0, 0.05) is 32.4 Å². The molecule has 6 nitrogen and oxygen atoms in total. The molecule has 1 aromatic heterocycles. The Bertz CT molecular complexity index is 832. The molecule has 0 amide bonds. The lowest BCUT2D eigenvalue weighted by molar-refractivity contribution is -0.154. The van der Waals surface area contributed by atoms with Gasteiger partial charge in [0.25, 0.3) is 0 Å². The summed E-state index contributed by atoms with van der Waals surface area (Å²) in [5.74, 6) is 1.36. The van der Waals surface area contributed by atoms with E-state index >= 15 is 0 Å². The number of methoxy groups -OCH3 is 1. The van der Waals surface area contributed by atoms with E-state index in [1.54, 1.807) is 20.2 Å². The van der Waals surface area contributed by atoms with E-state index in [0.717, 1.165) is 28.9 Å². The van der Waals surface area contributed by atoms with Crippen molar-refractivity contribution in [1.29, 1.82) is 0 Å². The van der Waals surface area contributed by atoms with E-state index in [-0.39, 0.29) is 29.9 Å². The van der Waals surface area contributed by atoms with Crippen LogP contribution in [-0.2, 0) is 13.0 Å². The molecule has 0 aliphatic heterocycles. The van der Waals surface area contributed by atoms with Crippen molar-refractivity contribution < 1.29 is 22.6 Å². The summed E-state index contributed by atoms with van der Waals surface area (Å²) in [5, 5.41) is 6.31. The maximum Gasteiger partial charge on any atom is 0.422 e. The van der Waals surface area contributed by atoms with Crippen LogP contribution in [0.1, 0.15) is 16.7 Å². The number of pyridine rings is 1. The molecule has 0 saturated carbocycles. The van der Waals surface area contributed by atoms with Crippen molar-refractivity contribution in [3.63, 3.8) is 0 Å². The topological polar surface area (TPSA) is 67.8 Å². The zero-order chi connectivity index (χ0) is 21.3. The van der Waals surface area contributed by atoms with Crippen molar-refractivity contribution in [2.45, 2.75) is 26.1 Å². The Morgan fingerprint density at radius 1 is 1.13 bits per heavy atom. The fourth-order valence-corrected chi connectivity index (χ4v) is 2.55. The molecule has 2 N–H and O–H groups in total. The Morgan fingerprint density at radius 2 is 1.90 bits per heavy atom. The molecule has 2 rings (SSSR count). The van der Waals surface area contributed by atoms with Crippen molar-refractivity contribution in [1.82, 2.24) is 15.6 Å². The molecular weight excluding hydrogens is 512 g/mol. The van der Waals surface area contributed by atoms with Gasteiger partial charge in [0.2, 0.25) is 5.88 Å². The second-order valence-corrected chi connectivity index (χ2v) is 6.31. The van der Waals surface area contributed by atoms with Gasteiger partial charge >= 0.3 is 6.18 Å². The van der Waals surface area contributed by atoms with Gasteiger partial charge in [0.15, 0.2) is 12.6 Å². The molecule has 0 aliphatic rings. The fraction of sp³-hybridized carbons (Fsp3) is 0.400. The average molecular weight is 538 g/mol. The number of hydrogen-bond acceptors (Lipinski definition) is 4. The van der Waals surface area contributed by atoms with Gasteiger partial charge in [-0.2, -0.15) is 13.2 Å². The molecule has 0 fully saturated rings. The average Bonchev–Trinajstić information content (AvgIpc) is 2.70. The van der Waals surface area contributed by atoms with E-state index in [4.69, 9.17) is 4.74 Å². The molecule has 0 bridgehead atoms. The first-order valence-corrected chi connectivity index (χ1v) is 9.03. The molecule has 0 radical (unpaired) electrons. The number of benzene rings is 1. The summed E-state index contributed by atoms with van der Waals surface area (Å²) in [7, 11) is 3.30. The van der Waals surface area contributed by atoms with Crippen LogP contribution < -0.4 is 20.1 Å². The smallest absolute Gasteiger partial charge is 0.422 e. The van der Waals surface area contributed by atoms with E-state index < -0.39 is 12.8 Å². The molecule has 10 heteroatoms.